The molecular formula is C13H15O3P. The van der Waals surface area contributed by atoms with E-state index < -0.39 is 8.60 Å². The number of hydrogen-bond donors (Lipinski definition) is 0. The Morgan fingerprint density at radius 3 is 2.53 bits per heavy atom. The zero-order valence-electron chi connectivity index (χ0n) is 9.70. The van der Waals surface area contributed by atoms with Crippen molar-refractivity contribution in [2.24, 2.45) is 0 Å². The highest BCUT2D eigenvalue weighted by atomic mass is 31.2. The Labute approximate surface area is 103 Å². The molecule has 90 valence electrons. The highest BCUT2D eigenvalue weighted by Crippen LogP contribution is 2.42. The van der Waals surface area contributed by atoms with Gasteiger partial charge in [-0.15, -0.1) is 0 Å². The van der Waals surface area contributed by atoms with Gasteiger partial charge in [0.2, 0.25) is 0 Å². The fraction of sp³-hybridized carbons (Fsp3) is 0.231. The second-order valence-electron chi connectivity index (χ2n) is 3.49. The van der Waals surface area contributed by atoms with Gasteiger partial charge in [0.25, 0.3) is 0 Å². The minimum Gasteiger partial charge on any atom is -0.418 e. The van der Waals surface area contributed by atoms with E-state index in [9.17, 15) is 0 Å². The normalized spacial score (nSPS) is 16.2. The molecule has 0 spiro atoms. The smallest absolute Gasteiger partial charge is 0.418 e. The second-order valence-corrected chi connectivity index (χ2v) is 4.67. The maximum Gasteiger partial charge on any atom is 0.462 e. The number of rotatable bonds is 5. The summed E-state index contributed by atoms with van der Waals surface area (Å²) in [4.78, 5) is 0. The van der Waals surface area contributed by atoms with Crippen LogP contribution in [0, 0.1) is 0 Å². The molecule has 0 amide bonds. The molecule has 1 aliphatic carbocycles. The first-order valence-corrected chi connectivity index (χ1v) is 6.60. The van der Waals surface area contributed by atoms with E-state index >= 15 is 0 Å². The number of para-hydroxylation sites is 1. The highest BCUT2D eigenvalue weighted by Gasteiger charge is 2.15. The molecule has 0 saturated carbocycles. The first-order chi connectivity index (χ1) is 8.38. The molecule has 4 heteroatoms. The molecule has 0 N–H and O–H groups in total. The third-order valence-electron chi connectivity index (χ3n) is 2.21. The molecule has 1 atom stereocenters. The summed E-state index contributed by atoms with van der Waals surface area (Å²) in [5, 5.41) is 0. The van der Waals surface area contributed by atoms with Gasteiger partial charge in [-0.2, -0.15) is 0 Å². The predicted molar refractivity (Wildman–Crippen MR) is 68.5 cm³/mol. The summed E-state index contributed by atoms with van der Waals surface area (Å²) in [6.07, 6.45) is 8.15. The van der Waals surface area contributed by atoms with Gasteiger partial charge in [-0.25, -0.2) is 0 Å². The molecule has 0 fully saturated rings. The van der Waals surface area contributed by atoms with Crippen molar-refractivity contribution in [1.82, 2.24) is 0 Å². The van der Waals surface area contributed by atoms with Gasteiger partial charge in [0.15, 0.2) is 0 Å². The lowest BCUT2D eigenvalue weighted by atomic mass is 10.2. The van der Waals surface area contributed by atoms with Crippen LogP contribution < -0.4 is 4.52 Å². The Kier molecular flexibility index (Phi) is 4.60. The van der Waals surface area contributed by atoms with Crippen molar-refractivity contribution < 1.29 is 13.6 Å². The monoisotopic (exact) mass is 250 g/mol. The third-order valence-corrected chi connectivity index (χ3v) is 3.23. The SMILES string of the molecule is COP(OC1=CCCC=C1)Oc1ccccc1. The molecule has 1 aromatic carbocycles. The third kappa shape index (κ3) is 3.88. The van der Waals surface area contributed by atoms with E-state index in [0.29, 0.717) is 0 Å². The van der Waals surface area contributed by atoms with Crippen molar-refractivity contribution in [2.75, 3.05) is 7.11 Å². The van der Waals surface area contributed by atoms with Gasteiger partial charge in [0.1, 0.15) is 11.5 Å². The molecular weight excluding hydrogens is 235 g/mol. The van der Waals surface area contributed by atoms with Crippen LogP contribution in [0.3, 0.4) is 0 Å². The first kappa shape index (κ1) is 12.2. The Balaban J connectivity index is 1.93. The zero-order valence-corrected chi connectivity index (χ0v) is 10.6. The van der Waals surface area contributed by atoms with E-state index in [0.717, 1.165) is 24.4 Å². The summed E-state index contributed by atoms with van der Waals surface area (Å²) >= 11 is 0. The van der Waals surface area contributed by atoms with Crippen LogP contribution in [0.15, 0.2) is 54.3 Å². The molecule has 0 aliphatic heterocycles. The van der Waals surface area contributed by atoms with Gasteiger partial charge < -0.3 is 9.05 Å². The van der Waals surface area contributed by atoms with Gasteiger partial charge in [-0.05, 0) is 37.1 Å². The predicted octanol–water partition coefficient (Wildman–Crippen LogP) is 4.19. The van der Waals surface area contributed by atoms with E-state index in [1.807, 2.05) is 42.5 Å². The summed E-state index contributed by atoms with van der Waals surface area (Å²) in [7, 11) is 0.208. The van der Waals surface area contributed by atoms with Gasteiger partial charge in [0.05, 0.1) is 0 Å². The molecule has 3 nitrogen and oxygen atoms in total. The summed E-state index contributed by atoms with van der Waals surface area (Å²) in [6, 6.07) is 9.53. The maximum absolute atomic E-state index is 5.64. The lowest BCUT2D eigenvalue weighted by molar-refractivity contribution is 0.288. The number of hydrogen-bond acceptors (Lipinski definition) is 3. The Hall–Kier alpha value is -1.31. The summed E-state index contributed by atoms with van der Waals surface area (Å²) in [6.45, 7) is 0. The lowest BCUT2D eigenvalue weighted by Crippen LogP contribution is -1.96. The molecule has 2 rings (SSSR count). The number of allylic oxidation sites excluding steroid dienone is 3. The average molecular weight is 250 g/mol. The van der Waals surface area contributed by atoms with E-state index in [1.165, 1.54) is 0 Å². The van der Waals surface area contributed by atoms with Gasteiger partial charge >= 0.3 is 8.60 Å². The van der Waals surface area contributed by atoms with Crippen molar-refractivity contribution in [2.45, 2.75) is 12.8 Å². The van der Waals surface area contributed by atoms with Crippen LogP contribution in [0.4, 0.5) is 0 Å². The topological polar surface area (TPSA) is 27.7 Å². The van der Waals surface area contributed by atoms with Crippen molar-refractivity contribution in [1.29, 1.82) is 0 Å². The van der Waals surface area contributed by atoms with E-state index in [2.05, 4.69) is 6.08 Å². The lowest BCUT2D eigenvalue weighted by Gasteiger charge is -2.17. The second kappa shape index (κ2) is 6.43. The average Bonchev–Trinajstić information content (AvgIpc) is 2.40. The van der Waals surface area contributed by atoms with Gasteiger partial charge in [0, 0.05) is 7.11 Å². The molecule has 1 aromatic rings. The van der Waals surface area contributed by atoms with Crippen molar-refractivity contribution in [3.63, 3.8) is 0 Å². The van der Waals surface area contributed by atoms with E-state index in [-0.39, 0.29) is 0 Å². The molecule has 17 heavy (non-hydrogen) atoms. The van der Waals surface area contributed by atoms with Crippen LogP contribution in [-0.2, 0) is 9.05 Å². The summed E-state index contributed by atoms with van der Waals surface area (Å²) in [5.74, 6) is 1.57. The Morgan fingerprint density at radius 2 is 1.88 bits per heavy atom. The molecule has 0 heterocycles. The molecule has 0 saturated heterocycles. The van der Waals surface area contributed by atoms with Crippen molar-refractivity contribution in [3.05, 3.63) is 54.3 Å². The van der Waals surface area contributed by atoms with Crippen molar-refractivity contribution >= 4 is 8.60 Å². The Bertz CT molecular complexity index is 400. The molecule has 0 radical (unpaired) electrons. The molecule has 1 unspecified atom stereocenters. The maximum atomic E-state index is 5.64. The Morgan fingerprint density at radius 1 is 1.06 bits per heavy atom. The summed E-state index contributed by atoms with van der Waals surface area (Å²) in [5.41, 5.74) is 0. The summed E-state index contributed by atoms with van der Waals surface area (Å²) < 4.78 is 16.5. The highest BCUT2D eigenvalue weighted by molar-refractivity contribution is 7.42. The largest absolute Gasteiger partial charge is 0.462 e. The minimum atomic E-state index is -1.38. The van der Waals surface area contributed by atoms with Crippen LogP contribution in [0.2, 0.25) is 0 Å². The number of benzene rings is 1. The van der Waals surface area contributed by atoms with Crippen LogP contribution in [0.25, 0.3) is 0 Å². The fourth-order valence-corrected chi connectivity index (χ4v) is 2.19. The van der Waals surface area contributed by atoms with Crippen LogP contribution >= 0.6 is 8.60 Å². The molecule has 0 aromatic heterocycles. The zero-order chi connectivity index (χ0) is 11.9. The first-order valence-electron chi connectivity index (χ1n) is 5.50. The van der Waals surface area contributed by atoms with E-state index in [4.69, 9.17) is 13.6 Å². The quantitative estimate of drug-likeness (QED) is 0.733. The van der Waals surface area contributed by atoms with Crippen LogP contribution in [0.1, 0.15) is 12.8 Å². The van der Waals surface area contributed by atoms with Crippen LogP contribution in [0.5, 0.6) is 5.75 Å². The van der Waals surface area contributed by atoms with Crippen LogP contribution in [-0.4, -0.2) is 7.11 Å². The van der Waals surface area contributed by atoms with Gasteiger partial charge in [-0.1, -0.05) is 24.3 Å². The van der Waals surface area contributed by atoms with Crippen molar-refractivity contribution in [3.8, 4) is 5.75 Å². The van der Waals surface area contributed by atoms with Gasteiger partial charge in [-0.3, -0.25) is 4.52 Å². The standard InChI is InChI=1S/C13H15O3P/c1-14-17(15-12-8-4-2-5-9-12)16-13-10-6-3-7-11-13/h2,4-6,8-11H,3,7H2,1H3. The van der Waals surface area contributed by atoms with E-state index in [1.54, 1.807) is 7.11 Å². The molecule has 0 bridgehead atoms. The fourth-order valence-electron chi connectivity index (χ4n) is 1.40. The minimum absolute atomic E-state index is 0.751. The molecule has 1 aliphatic rings.